The summed E-state index contributed by atoms with van der Waals surface area (Å²) in [4.78, 5) is 17.0. The van der Waals surface area contributed by atoms with Gasteiger partial charge in [0, 0.05) is 23.1 Å². The molecular formula is C24H23FN2O2. The van der Waals surface area contributed by atoms with Crippen LogP contribution in [0.1, 0.15) is 41.7 Å². The van der Waals surface area contributed by atoms with Crippen LogP contribution in [0.4, 0.5) is 10.1 Å². The number of unbranched alkanes of at least 4 members (excludes halogenated alkanes) is 3. The Labute approximate surface area is 170 Å². The number of carbonyl (C=O) groups excluding carboxylic acids is 1. The summed E-state index contributed by atoms with van der Waals surface area (Å²) in [5.74, 6) is 1.74. The van der Waals surface area contributed by atoms with E-state index in [2.05, 4.69) is 16.2 Å². The zero-order valence-corrected chi connectivity index (χ0v) is 16.4. The summed E-state index contributed by atoms with van der Waals surface area (Å²) in [7, 11) is 0. The van der Waals surface area contributed by atoms with Gasteiger partial charge < -0.3 is 10.1 Å². The van der Waals surface area contributed by atoms with Gasteiger partial charge in [-0.25, -0.2) is 4.39 Å². The molecule has 1 aromatic heterocycles. The van der Waals surface area contributed by atoms with Crippen LogP contribution in [-0.2, 0) is 0 Å². The van der Waals surface area contributed by atoms with Gasteiger partial charge in [0.25, 0.3) is 5.91 Å². The predicted molar refractivity (Wildman–Crippen MR) is 114 cm³/mol. The second-order valence-electron chi connectivity index (χ2n) is 6.80. The van der Waals surface area contributed by atoms with Crippen LogP contribution in [0, 0.1) is 25.1 Å². The second-order valence-corrected chi connectivity index (χ2v) is 6.80. The van der Waals surface area contributed by atoms with E-state index in [1.54, 1.807) is 30.3 Å². The highest BCUT2D eigenvalue weighted by Gasteiger charge is 2.14. The summed E-state index contributed by atoms with van der Waals surface area (Å²) in [6, 6.07) is 13.7. The average Bonchev–Trinajstić information content (AvgIpc) is 2.72. The lowest BCUT2D eigenvalue weighted by Crippen LogP contribution is -2.13. The fourth-order valence-electron chi connectivity index (χ4n) is 2.97. The Bertz CT molecular complexity index is 1060. The lowest BCUT2D eigenvalue weighted by atomic mass is 10.1. The first-order valence-corrected chi connectivity index (χ1v) is 9.62. The monoisotopic (exact) mass is 390 g/mol. The fraction of sp³-hybridized carbons (Fsp3) is 0.250. The van der Waals surface area contributed by atoms with Crippen LogP contribution < -0.4 is 10.1 Å². The first kappa shape index (κ1) is 20.3. The number of hydrogen-bond acceptors (Lipinski definition) is 3. The number of ether oxygens (including phenoxy) is 1. The maximum Gasteiger partial charge on any atom is 0.255 e. The number of nitrogens with zero attached hydrogens (tertiary/aromatic N) is 1. The molecule has 0 fully saturated rings. The normalized spacial score (nSPS) is 10.5. The van der Waals surface area contributed by atoms with Crippen molar-refractivity contribution in [1.29, 1.82) is 0 Å². The summed E-state index contributed by atoms with van der Waals surface area (Å²) in [6.45, 7) is 2.31. The Balaban J connectivity index is 1.66. The molecule has 0 saturated carbocycles. The van der Waals surface area contributed by atoms with Gasteiger partial charge in [0.1, 0.15) is 0 Å². The van der Waals surface area contributed by atoms with Crippen LogP contribution in [-0.4, -0.2) is 17.5 Å². The highest BCUT2D eigenvalue weighted by Crippen LogP contribution is 2.25. The van der Waals surface area contributed by atoms with Crippen molar-refractivity contribution in [3.63, 3.8) is 0 Å². The molecule has 0 aliphatic carbocycles. The lowest BCUT2D eigenvalue weighted by Gasteiger charge is -2.11. The molecule has 3 rings (SSSR count). The Morgan fingerprint density at radius 3 is 2.86 bits per heavy atom. The molecule has 1 N–H and O–H groups in total. The molecule has 0 atom stereocenters. The third-order valence-corrected chi connectivity index (χ3v) is 4.53. The highest BCUT2D eigenvalue weighted by molar-refractivity contribution is 6.06. The Kier molecular flexibility index (Phi) is 6.80. The molecule has 148 valence electrons. The fourth-order valence-corrected chi connectivity index (χ4v) is 2.97. The Morgan fingerprint density at radius 2 is 2.03 bits per heavy atom. The van der Waals surface area contributed by atoms with E-state index >= 15 is 0 Å². The predicted octanol–water partition coefficient (Wildman–Crippen LogP) is 5.51. The number of carbonyl (C=O) groups is 1. The van der Waals surface area contributed by atoms with Crippen LogP contribution in [0.25, 0.3) is 10.9 Å². The maximum atomic E-state index is 14.7. The summed E-state index contributed by atoms with van der Waals surface area (Å²) in [5.41, 5.74) is 2.24. The molecule has 0 aliphatic rings. The minimum atomic E-state index is -0.581. The number of anilines is 1. The number of halogens is 1. The van der Waals surface area contributed by atoms with Gasteiger partial charge in [0.15, 0.2) is 11.6 Å². The molecule has 0 radical (unpaired) electrons. The molecule has 0 aliphatic heterocycles. The molecule has 1 amide bonds. The molecule has 1 heterocycles. The largest absolute Gasteiger partial charge is 0.490 e. The number of terminal acetylenes is 1. The quantitative estimate of drug-likeness (QED) is 0.408. The van der Waals surface area contributed by atoms with Gasteiger partial charge in [-0.1, -0.05) is 12.1 Å². The number of benzene rings is 2. The van der Waals surface area contributed by atoms with Crippen molar-refractivity contribution >= 4 is 22.5 Å². The molecule has 2 aromatic carbocycles. The van der Waals surface area contributed by atoms with E-state index in [9.17, 15) is 9.18 Å². The number of amides is 1. The van der Waals surface area contributed by atoms with Crippen molar-refractivity contribution in [2.75, 3.05) is 11.9 Å². The van der Waals surface area contributed by atoms with Crippen LogP contribution in [0.15, 0.2) is 48.5 Å². The molecule has 0 spiro atoms. The van der Waals surface area contributed by atoms with E-state index in [-0.39, 0.29) is 11.4 Å². The van der Waals surface area contributed by atoms with Crippen molar-refractivity contribution in [3.8, 4) is 18.1 Å². The van der Waals surface area contributed by atoms with Gasteiger partial charge in [-0.2, -0.15) is 0 Å². The third-order valence-electron chi connectivity index (χ3n) is 4.53. The number of pyridine rings is 1. The second kappa shape index (κ2) is 9.70. The molecule has 29 heavy (non-hydrogen) atoms. The minimum Gasteiger partial charge on any atom is -0.490 e. The number of fused-ring (bicyclic) bond motifs is 1. The van der Waals surface area contributed by atoms with E-state index in [0.29, 0.717) is 12.2 Å². The molecule has 4 nitrogen and oxygen atoms in total. The number of hydrogen-bond donors (Lipinski definition) is 1. The number of rotatable bonds is 8. The first-order chi connectivity index (χ1) is 14.1. The van der Waals surface area contributed by atoms with Crippen LogP contribution in [0.5, 0.6) is 5.75 Å². The minimum absolute atomic E-state index is 0.0851. The van der Waals surface area contributed by atoms with Gasteiger partial charge >= 0.3 is 0 Å². The van der Waals surface area contributed by atoms with Crippen molar-refractivity contribution in [3.05, 3.63) is 65.6 Å². The summed E-state index contributed by atoms with van der Waals surface area (Å²) in [6.07, 6.45) is 8.61. The zero-order valence-electron chi connectivity index (χ0n) is 16.4. The number of aromatic nitrogens is 1. The summed E-state index contributed by atoms with van der Waals surface area (Å²) < 4.78 is 20.2. The van der Waals surface area contributed by atoms with E-state index < -0.39 is 11.7 Å². The first-order valence-electron chi connectivity index (χ1n) is 9.62. The maximum absolute atomic E-state index is 14.7. The summed E-state index contributed by atoms with van der Waals surface area (Å²) >= 11 is 0. The number of aryl methyl sites for hydroxylation is 1. The SMILES string of the molecule is C#CCCCCCOc1cccc(NC(=O)c2ccc3nc(C)ccc3c2)c1F. The van der Waals surface area contributed by atoms with E-state index in [0.717, 1.165) is 42.3 Å². The van der Waals surface area contributed by atoms with Gasteiger partial charge in [-0.3, -0.25) is 9.78 Å². The van der Waals surface area contributed by atoms with E-state index in [1.165, 1.54) is 6.07 Å². The molecule has 0 saturated heterocycles. The van der Waals surface area contributed by atoms with Gasteiger partial charge in [0.2, 0.25) is 0 Å². The van der Waals surface area contributed by atoms with E-state index in [1.807, 2.05) is 19.1 Å². The standard InChI is InChI=1S/C24H23FN2O2/c1-3-4-5-6-7-15-29-22-10-8-9-21(23(22)25)27-24(28)19-13-14-20-18(16-19)12-11-17(2)26-20/h1,8-14,16H,4-7,15H2,2H3,(H,27,28). The van der Waals surface area contributed by atoms with Crippen molar-refractivity contribution in [2.45, 2.75) is 32.6 Å². The lowest BCUT2D eigenvalue weighted by molar-refractivity contribution is 0.102. The van der Waals surface area contributed by atoms with Gasteiger partial charge in [-0.05, 0) is 62.6 Å². The Hall–Kier alpha value is -3.39. The molecule has 3 aromatic rings. The smallest absolute Gasteiger partial charge is 0.255 e. The average molecular weight is 390 g/mol. The molecule has 0 unspecified atom stereocenters. The van der Waals surface area contributed by atoms with Crippen molar-refractivity contribution in [1.82, 2.24) is 4.98 Å². The van der Waals surface area contributed by atoms with Crippen molar-refractivity contribution < 1.29 is 13.9 Å². The summed E-state index contributed by atoms with van der Waals surface area (Å²) in [5, 5.41) is 3.48. The van der Waals surface area contributed by atoms with Crippen molar-refractivity contribution in [2.24, 2.45) is 0 Å². The van der Waals surface area contributed by atoms with Gasteiger partial charge in [-0.15, -0.1) is 12.3 Å². The topological polar surface area (TPSA) is 51.2 Å². The Morgan fingerprint density at radius 1 is 1.17 bits per heavy atom. The highest BCUT2D eigenvalue weighted by atomic mass is 19.1. The number of nitrogens with one attached hydrogen (secondary N) is 1. The van der Waals surface area contributed by atoms with Crippen LogP contribution in [0.2, 0.25) is 0 Å². The zero-order chi connectivity index (χ0) is 20.6. The van der Waals surface area contributed by atoms with Gasteiger partial charge in [0.05, 0.1) is 17.8 Å². The van der Waals surface area contributed by atoms with E-state index in [4.69, 9.17) is 11.2 Å². The molecule has 0 bridgehead atoms. The molecular weight excluding hydrogens is 367 g/mol. The van der Waals surface area contributed by atoms with Crippen LogP contribution in [0.3, 0.4) is 0 Å². The third kappa shape index (κ3) is 5.32. The molecule has 5 heteroatoms. The van der Waals surface area contributed by atoms with Crippen LogP contribution >= 0.6 is 0 Å².